The molecule has 0 spiro atoms. The van der Waals surface area contributed by atoms with Gasteiger partial charge in [0.1, 0.15) is 12.4 Å². The molecule has 1 aliphatic heterocycles. The zero-order valence-electron chi connectivity index (χ0n) is 17.8. The molecular weight excluding hydrogens is 388 g/mol. The summed E-state index contributed by atoms with van der Waals surface area (Å²) < 4.78 is 5.94. The van der Waals surface area contributed by atoms with Crippen LogP contribution in [0.1, 0.15) is 22.3 Å². The van der Waals surface area contributed by atoms with Gasteiger partial charge in [0.2, 0.25) is 0 Å². The van der Waals surface area contributed by atoms with E-state index in [1.54, 1.807) is 0 Å². The van der Waals surface area contributed by atoms with Gasteiger partial charge in [-0.05, 0) is 36.1 Å². The van der Waals surface area contributed by atoms with Crippen molar-refractivity contribution >= 4 is 11.9 Å². The Bertz CT molecular complexity index is 1060. The van der Waals surface area contributed by atoms with Gasteiger partial charge >= 0.3 is 6.03 Å². The van der Waals surface area contributed by atoms with Gasteiger partial charge in [-0.2, -0.15) is 0 Å². The first-order valence-corrected chi connectivity index (χ1v) is 10.4. The summed E-state index contributed by atoms with van der Waals surface area (Å²) in [6.45, 7) is 4.38. The quantitative estimate of drug-likeness (QED) is 0.584. The molecule has 31 heavy (non-hydrogen) atoms. The minimum atomic E-state index is -1.13. The van der Waals surface area contributed by atoms with E-state index in [0.29, 0.717) is 6.42 Å². The van der Waals surface area contributed by atoms with Crippen molar-refractivity contribution in [1.29, 1.82) is 0 Å². The lowest BCUT2D eigenvalue weighted by atomic mass is 9.83. The van der Waals surface area contributed by atoms with Crippen LogP contribution in [0.15, 0.2) is 78.9 Å². The number of amides is 3. The molecule has 5 nitrogen and oxygen atoms in total. The Morgan fingerprint density at radius 1 is 0.839 bits per heavy atom. The molecule has 158 valence electrons. The molecule has 1 unspecified atom stereocenters. The number of hydrogen-bond acceptors (Lipinski definition) is 3. The van der Waals surface area contributed by atoms with E-state index in [0.717, 1.165) is 28.0 Å². The van der Waals surface area contributed by atoms with Crippen LogP contribution in [-0.4, -0.2) is 30.0 Å². The third-order valence-electron chi connectivity index (χ3n) is 5.72. The second kappa shape index (κ2) is 8.64. The fourth-order valence-corrected chi connectivity index (χ4v) is 4.14. The minimum absolute atomic E-state index is 0.182. The third kappa shape index (κ3) is 4.04. The van der Waals surface area contributed by atoms with Crippen molar-refractivity contribution in [3.05, 3.63) is 101 Å². The molecule has 0 aliphatic carbocycles. The number of rotatable bonds is 7. The predicted octanol–water partition coefficient (Wildman–Crippen LogP) is 4.37. The molecule has 0 saturated carbocycles. The van der Waals surface area contributed by atoms with Gasteiger partial charge in [-0.15, -0.1) is 0 Å². The SMILES string of the molecule is Cc1cccc(C)c1OCCN1C(=O)NC(Cc2ccccc2)(c2ccccc2)C1=O. The number of benzene rings is 3. The molecule has 1 heterocycles. The van der Waals surface area contributed by atoms with Crippen LogP contribution in [0, 0.1) is 13.8 Å². The van der Waals surface area contributed by atoms with Gasteiger partial charge in [0.25, 0.3) is 5.91 Å². The van der Waals surface area contributed by atoms with Crippen molar-refractivity contribution in [2.45, 2.75) is 25.8 Å². The lowest BCUT2D eigenvalue weighted by molar-refractivity contribution is -0.131. The highest BCUT2D eigenvalue weighted by Gasteiger charge is 2.52. The summed E-state index contributed by atoms with van der Waals surface area (Å²) in [6, 6.07) is 24.7. The van der Waals surface area contributed by atoms with Gasteiger partial charge < -0.3 is 10.1 Å². The van der Waals surface area contributed by atoms with Crippen LogP contribution < -0.4 is 10.1 Å². The number of urea groups is 1. The van der Waals surface area contributed by atoms with Crippen molar-refractivity contribution in [1.82, 2.24) is 10.2 Å². The van der Waals surface area contributed by atoms with E-state index in [9.17, 15) is 9.59 Å². The topological polar surface area (TPSA) is 58.6 Å². The molecule has 3 aromatic carbocycles. The number of nitrogens with one attached hydrogen (secondary N) is 1. The van der Waals surface area contributed by atoms with Crippen molar-refractivity contribution < 1.29 is 14.3 Å². The highest BCUT2D eigenvalue weighted by molar-refractivity contribution is 6.07. The molecule has 0 aromatic heterocycles. The average molecular weight is 415 g/mol. The maximum absolute atomic E-state index is 13.6. The highest BCUT2D eigenvalue weighted by atomic mass is 16.5. The molecule has 1 saturated heterocycles. The molecule has 1 N–H and O–H groups in total. The Morgan fingerprint density at radius 2 is 1.45 bits per heavy atom. The van der Waals surface area contributed by atoms with Crippen molar-refractivity contribution in [3.8, 4) is 5.75 Å². The Kier molecular flexibility index (Phi) is 5.76. The van der Waals surface area contributed by atoms with Crippen LogP contribution in [0.5, 0.6) is 5.75 Å². The van der Waals surface area contributed by atoms with E-state index >= 15 is 0 Å². The summed E-state index contributed by atoms with van der Waals surface area (Å²) >= 11 is 0. The fourth-order valence-electron chi connectivity index (χ4n) is 4.14. The second-order valence-electron chi connectivity index (χ2n) is 7.89. The monoisotopic (exact) mass is 414 g/mol. The largest absolute Gasteiger partial charge is 0.491 e. The third-order valence-corrected chi connectivity index (χ3v) is 5.72. The lowest BCUT2D eigenvalue weighted by Gasteiger charge is -2.27. The van der Waals surface area contributed by atoms with Crippen molar-refractivity contribution in [2.24, 2.45) is 0 Å². The summed E-state index contributed by atoms with van der Waals surface area (Å²) in [6.07, 6.45) is 0.386. The Labute approximate surface area is 182 Å². The molecule has 1 aliphatic rings. The Hall–Kier alpha value is -3.60. The maximum Gasteiger partial charge on any atom is 0.325 e. The van der Waals surface area contributed by atoms with Crippen LogP contribution in [0.3, 0.4) is 0 Å². The molecule has 4 rings (SSSR count). The molecule has 0 bridgehead atoms. The number of carbonyl (C=O) groups is 2. The zero-order valence-corrected chi connectivity index (χ0v) is 17.8. The van der Waals surface area contributed by atoms with Crippen molar-refractivity contribution in [3.63, 3.8) is 0 Å². The Morgan fingerprint density at radius 3 is 2.10 bits per heavy atom. The van der Waals surface area contributed by atoms with Crippen LogP contribution in [0.25, 0.3) is 0 Å². The second-order valence-corrected chi connectivity index (χ2v) is 7.89. The molecule has 1 fully saturated rings. The van der Waals surface area contributed by atoms with Gasteiger partial charge in [0.15, 0.2) is 5.54 Å². The highest BCUT2D eigenvalue weighted by Crippen LogP contribution is 2.33. The van der Waals surface area contributed by atoms with Crippen LogP contribution in [0.4, 0.5) is 4.79 Å². The summed E-state index contributed by atoms with van der Waals surface area (Å²) in [7, 11) is 0. The van der Waals surface area contributed by atoms with Gasteiger partial charge in [-0.3, -0.25) is 9.69 Å². The summed E-state index contributed by atoms with van der Waals surface area (Å²) in [5, 5.41) is 2.99. The first-order valence-electron chi connectivity index (χ1n) is 10.4. The van der Waals surface area contributed by atoms with E-state index in [1.807, 2.05) is 92.7 Å². The van der Waals surface area contributed by atoms with Crippen LogP contribution >= 0.6 is 0 Å². The van der Waals surface area contributed by atoms with Gasteiger partial charge in [0.05, 0.1) is 6.54 Å². The number of hydrogen-bond donors (Lipinski definition) is 1. The number of ether oxygens (including phenoxy) is 1. The summed E-state index contributed by atoms with van der Waals surface area (Å²) in [5.74, 6) is 0.547. The normalized spacial score (nSPS) is 18.2. The average Bonchev–Trinajstić information content (AvgIpc) is 3.02. The van der Waals surface area contributed by atoms with Gasteiger partial charge in [0, 0.05) is 6.42 Å². The zero-order chi connectivity index (χ0) is 21.8. The lowest BCUT2D eigenvalue weighted by Crippen LogP contribution is -2.46. The number of aryl methyl sites for hydroxylation is 2. The van der Waals surface area contributed by atoms with Gasteiger partial charge in [-0.25, -0.2) is 4.79 Å². The smallest absolute Gasteiger partial charge is 0.325 e. The molecule has 1 atom stereocenters. The molecule has 0 radical (unpaired) electrons. The van der Waals surface area contributed by atoms with E-state index in [2.05, 4.69) is 5.32 Å². The van der Waals surface area contributed by atoms with E-state index in [1.165, 1.54) is 4.90 Å². The molecular formula is C26H26N2O3. The number of nitrogens with zero attached hydrogens (tertiary/aromatic N) is 1. The van der Waals surface area contributed by atoms with Gasteiger partial charge in [-0.1, -0.05) is 78.9 Å². The predicted molar refractivity (Wildman–Crippen MR) is 120 cm³/mol. The number of imide groups is 1. The maximum atomic E-state index is 13.6. The van der Waals surface area contributed by atoms with Crippen LogP contribution in [-0.2, 0) is 16.8 Å². The summed E-state index contributed by atoms with van der Waals surface area (Å²) in [5.41, 5.74) is 2.68. The standard InChI is InChI=1S/C26H26N2O3/c1-19-10-9-11-20(2)23(19)31-17-16-28-24(29)26(27-25(28)30,22-14-7-4-8-15-22)18-21-12-5-3-6-13-21/h3-15H,16-18H2,1-2H3,(H,27,30). The summed E-state index contributed by atoms with van der Waals surface area (Å²) in [4.78, 5) is 27.8. The first kappa shape index (κ1) is 20.7. The first-order chi connectivity index (χ1) is 15.0. The molecule has 5 heteroatoms. The Balaban J connectivity index is 1.57. The minimum Gasteiger partial charge on any atom is -0.491 e. The number of para-hydroxylation sites is 1. The van der Waals surface area contributed by atoms with Crippen LogP contribution in [0.2, 0.25) is 0 Å². The van der Waals surface area contributed by atoms with E-state index in [-0.39, 0.29) is 19.1 Å². The number of carbonyl (C=O) groups excluding carboxylic acids is 2. The van der Waals surface area contributed by atoms with E-state index < -0.39 is 11.6 Å². The van der Waals surface area contributed by atoms with E-state index in [4.69, 9.17) is 4.74 Å². The molecule has 3 aromatic rings. The van der Waals surface area contributed by atoms with Crippen molar-refractivity contribution in [2.75, 3.05) is 13.2 Å². The molecule has 3 amide bonds. The fraction of sp³-hybridized carbons (Fsp3) is 0.231.